The molecule has 36 heavy (non-hydrogen) atoms. The van der Waals surface area contributed by atoms with Crippen molar-refractivity contribution in [3.8, 4) is 0 Å². The van der Waals surface area contributed by atoms with E-state index >= 15 is 25.2 Å². The van der Waals surface area contributed by atoms with Gasteiger partial charge in [0.05, 0.1) is 38.8 Å². The van der Waals surface area contributed by atoms with E-state index in [4.69, 9.17) is 9.05 Å². The highest BCUT2D eigenvalue weighted by Gasteiger charge is 2.40. The van der Waals surface area contributed by atoms with Crippen LogP contribution in [0.4, 0.5) is 25.2 Å². The molecule has 24 heteroatoms. The van der Waals surface area contributed by atoms with E-state index < -0.39 is 84.8 Å². The van der Waals surface area contributed by atoms with E-state index in [1.54, 1.807) is 0 Å². The molecule has 12 nitrogen and oxygen atoms in total. The molecule has 6 unspecified atom stereocenters. The van der Waals surface area contributed by atoms with Crippen molar-refractivity contribution < 1.29 is 52.9 Å². The van der Waals surface area contributed by atoms with E-state index in [0.717, 1.165) is 0 Å². The molecule has 1 aliphatic heterocycles. The standard InChI is InChI=1S/C12H26F6N6O6P6/c1-5-27-33(15)20-31(13,11-9-25)19-32(14,12-10-26)21-34(16,28-6-2)23-36(18,30-8-4)24-35(17,22-33)29-7-3/h9-10H,5-8,11-12H2,1-4H3. The first kappa shape index (κ1) is 34.2. The molecule has 0 aromatic carbocycles. The fourth-order valence-electron chi connectivity index (χ4n) is 2.26. The zero-order chi connectivity index (χ0) is 27.7. The maximum atomic E-state index is 15.7. The van der Waals surface area contributed by atoms with Crippen molar-refractivity contribution in [1.82, 2.24) is 0 Å². The molecule has 0 aliphatic carbocycles. The van der Waals surface area contributed by atoms with Crippen LogP contribution >= 0.6 is 46.0 Å². The second-order valence-electron chi connectivity index (χ2n) is 6.08. The maximum Gasteiger partial charge on any atom is 0.387 e. The van der Waals surface area contributed by atoms with Crippen LogP contribution in [0.5, 0.6) is 0 Å². The maximum absolute atomic E-state index is 15.7. The zero-order valence-corrected chi connectivity index (χ0v) is 24.8. The molecule has 0 spiro atoms. The molecular weight excluding hydrogens is 624 g/mol. The lowest BCUT2D eigenvalue weighted by atomic mass is 10.9. The summed E-state index contributed by atoms with van der Waals surface area (Å²) in [5.74, 6) is 0. The molecule has 0 saturated heterocycles. The fraction of sp³-hybridized carbons (Fsp3) is 0.833. The smallest absolute Gasteiger partial charge is 0.303 e. The van der Waals surface area contributed by atoms with Gasteiger partial charge in [0.25, 0.3) is 15.0 Å². The van der Waals surface area contributed by atoms with E-state index in [0.29, 0.717) is 0 Å². The van der Waals surface area contributed by atoms with Gasteiger partial charge in [-0.25, -0.2) is 0 Å². The van der Waals surface area contributed by atoms with E-state index in [9.17, 15) is 9.59 Å². The third kappa shape index (κ3) is 10.4. The molecule has 0 aromatic rings. The normalized spacial score (nSPS) is 39.4. The summed E-state index contributed by atoms with van der Waals surface area (Å²) in [5.41, 5.74) is 0. The Morgan fingerprint density at radius 3 is 1.08 bits per heavy atom. The Labute approximate surface area is 205 Å². The number of halogens is 6. The minimum atomic E-state index is -5.53. The number of carbonyl (C=O) groups excluding carboxylic acids is 2. The van der Waals surface area contributed by atoms with Gasteiger partial charge < -0.3 is 27.7 Å². The van der Waals surface area contributed by atoms with Gasteiger partial charge in [0.15, 0.2) is 0 Å². The number of hydrogen-bond donors (Lipinski definition) is 0. The second-order valence-corrected chi connectivity index (χ2v) is 18.5. The minimum absolute atomic E-state index is 0.142. The van der Waals surface area contributed by atoms with Crippen molar-refractivity contribution in [2.45, 2.75) is 27.7 Å². The van der Waals surface area contributed by atoms with Crippen molar-refractivity contribution in [3.05, 3.63) is 0 Å². The van der Waals surface area contributed by atoms with E-state index in [1.807, 2.05) is 0 Å². The third-order valence-corrected chi connectivity index (χ3v) is 18.2. The van der Waals surface area contributed by atoms with Crippen LogP contribution in [-0.4, -0.2) is 51.3 Å². The van der Waals surface area contributed by atoms with Gasteiger partial charge in [0, 0.05) is 0 Å². The average Bonchev–Trinajstić information content (AvgIpc) is 2.65. The first-order valence-corrected chi connectivity index (χ1v) is 19.6. The van der Waals surface area contributed by atoms with Gasteiger partial charge >= 0.3 is 31.0 Å². The van der Waals surface area contributed by atoms with Crippen LogP contribution < -0.4 is 0 Å². The highest BCUT2D eigenvalue weighted by Crippen LogP contribution is 2.81. The molecule has 0 aromatic heterocycles. The first-order chi connectivity index (χ1) is 16.6. The number of carbonyl (C=O) groups is 2. The van der Waals surface area contributed by atoms with Crippen LogP contribution in [0.2, 0.25) is 0 Å². The number of hydrogen-bond acceptors (Lipinski definition) is 12. The molecule has 0 amide bonds. The summed E-state index contributed by atoms with van der Waals surface area (Å²) in [6.07, 6.45) is -3.02. The summed E-state index contributed by atoms with van der Waals surface area (Å²) in [4.78, 5) is 22.2. The van der Waals surface area contributed by atoms with Crippen molar-refractivity contribution in [2.24, 2.45) is 27.1 Å². The van der Waals surface area contributed by atoms with Gasteiger partial charge in [0.1, 0.15) is 12.6 Å². The van der Waals surface area contributed by atoms with Crippen LogP contribution in [0.3, 0.4) is 0 Å². The summed E-state index contributed by atoms with van der Waals surface area (Å²) in [6, 6.07) is 0. The topological polar surface area (TPSA) is 145 Å². The van der Waals surface area contributed by atoms with Gasteiger partial charge in [-0.3, -0.25) is 0 Å². The number of nitrogens with zero attached hydrogens (tertiary/aromatic N) is 6. The summed E-state index contributed by atoms with van der Waals surface area (Å²) in [7, 11) is -32.8. The Kier molecular flexibility index (Phi) is 13.3. The SMILES string of the molecule is CCOP1(F)=NP(F)(CC=O)=NP(F)(CC=O)=NP(F)(OCC)=NP(F)(OCC)=NP(F)(OCC)=N1. The molecule has 6 atom stereocenters. The highest BCUT2D eigenvalue weighted by atomic mass is 31.3. The van der Waals surface area contributed by atoms with Crippen LogP contribution in [0.25, 0.3) is 0 Å². The number of aldehydes is 2. The Morgan fingerprint density at radius 1 is 0.500 bits per heavy atom. The molecule has 1 heterocycles. The van der Waals surface area contributed by atoms with Gasteiger partial charge in [-0.2, -0.15) is 38.7 Å². The highest BCUT2D eigenvalue weighted by molar-refractivity contribution is 7.80. The van der Waals surface area contributed by atoms with E-state index in [1.165, 1.54) is 27.7 Å². The largest absolute Gasteiger partial charge is 0.387 e. The average molecular weight is 650 g/mol. The van der Waals surface area contributed by atoms with Crippen LogP contribution in [0.15, 0.2) is 27.1 Å². The Bertz CT molecular complexity index is 1130. The molecule has 0 radical (unpaired) electrons. The van der Waals surface area contributed by atoms with Crippen molar-refractivity contribution in [3.63, 3.8) is 0 Å². The molecule has 1 rings (SSSR count). The third-order valence-electron chi connectivity index (χ3n) is 3.22. The Morgan fingerprint density at radius 2 is 0.778 bits per heavy atom. The first-order valence-electron chi connectivity index (χ1n) is 10.0. The predicted octanol–water partition coefficient (Wildman–Crippen LogP) is 10.2. The molecule has 0 bridgehead atoms. The summed E-state index contributed by atoms with van der Waals surface area (Å²) >= 11 is 0. The van der Waals surface area contributed by atoms with Crippen LogP contribution in [0.1, 0.15) is 27.7 Å². The van der Waals surface area contributed by atoms with Crippen LogP contribution in [-0.2, 0) is 27.7 Å². The molecule has 212 valence electrons. The van der Waals surface area contributed by atoms with Gasteiger partial charge in [0.2, 0.25) is 0 Å². The lowest BCUT2D eigenvalue weighted by molar-refractivity contribution is -0.106. The molecule has 0 fully saturated rings. The van der Waals surface area contributed by atoms with Crippen LogP contribution in [0, 0.1) is 0 Å². The summed E-state index contributed by atoms with van der Waals surface area (Å²) in [5, 5.41) is 0. The van der Waals surface area contributed by atoms with Crippen molar-refractivity contribution in [2.75, 3.05) is 38.8 Å². The van der Waals surface area contributed by atoms with Gasteiger partial charge in [-0.15, -0.1) is 13.5 Å². The molecule has 0 N–H and O–H groups in total. The van der Waals surface area contributed by atoms with Gasteiger partial charge in [-0.1, -0.05) is 0 Å². The number of rotatable bonds is 12. The fourth-order valence-corrected chi connectivity index (χ4v) is 17.2. The van der Waals surface area contributed by atoms with Crippen molar-refractivity contribution >= 4 is 58.6 Å². The minimum Gasteiger partial charge on any atom is -0.303 e. The molecule has 1 aliphatic rings. The van der Waals surface area contributed by atoms with E-state index in [2.05, 4.69) is 36.1 Å². The summed E-state index contributed by atoms with van der Waals surface area (Å²) < 4.78 is 131. The van der Waals surface area contributed by atoms with Crippen molar-refractivity contribution in [1.29, 1.82) is 0 Å². The molecule has 0 saturated carbocycles. The monoisotopic (exact) mass is 650 g/mol. The zero-order valence-electron chi connectivity index (χ0n) is 19.5. The molecular formula is C12H26F6N6O6P6. The lowest BCUT2D eigenvalue weighted by Crippen LogP contribution is -1.92. The Balaban J connectivity index is 4.54. The predicted molar refractivity (Wildman–Crippen MR) is 131 cm³/mol. The van der Waals surface area contributed by atoms with E-state index in [-0.39, 0.29) is 12.6 Å². The quantitative estimate of drug-likeness (QED) is 0.117. The lowest BCUT2D eigenvalue weighted by Gasteiger charge is -2.22. The second kappa shape index (κ2) is 14.0. The Hall–Kier alpha value is 0.140. The summed E-state index contributed by atoms with van der Waals surface area (Å²) in [6.45, 7) is 2.45. The van der Waals surface area contributed by atoms with Gasteiger partial charge in [-0.05, 0) is 27.7 Å².